The summed E-state index contributed by atoms with van der Waals surface area (Å²) in [6, 6.07) is 9.25. The van der Waals surface area contributed by atoms with Gasteiger partial charge in [-0.3, -0.25) is 9.59 Å². The largest absolute Gasteiger partial charge is 0.481 e. The number of carboxylic acids is 1. The van der Waals surface area contributed by atoms with Gasteiger partial charge >= 0.3 is 5.97 Å². The third kappa shape index (κ3) is 3.09. The molecule has 2 atom stereocenters. The van der Waals surface area contributed by atoms with E-state index >= 15 is 0 Å². The van der Waals surface area contributed by atoms with Crippen molar-refractivity contribution in [3.8, 4) is 0 Å². The van der Waals surface area contributed by atoms with Crippen molar-refractivity contribution in [3.05, 3.63) is 35.9 Å². The Morgan fingerprint density at radius 2 is 1.94 bits per heavy atom. The fourth-order valence-corrected chi connectivity index (χ4v) is 2.47. The number of rotatable bonds is 4. The minimum Gasteiger partial charge on any atom is -0.481 e. The summed E-state index contributed by atoms with van der Waals surface area (Å²) in [4.78, 5) is 22.8. The quantitative estimate of drug-likeness (QED) is 0.849. The van der Waals surface area contributed by atoms with Crippen LogP contribution in [0.4, 0.5) is 0 Å². The summed E-state index contributed by atoms with van der Waals surface area (Å²) >= 11 is 0. The molecule has 4 heteroatoms. The van der Waals surface area contributed by atoms with Crippen LogP contribution in [0, 0.1) is 5.92 Å². The molecule has 0 saturated heterocycles. The molecule has 1 aliphatic rings. The molecule has 0 unspecified atom stereocenters. The number of carbonyl (C=O) groups excluding carboxylic acids is 1. The van der Waals surface area contributed by atoms with E-state index in [1.807, 2.05) is 30.3 Å². The van der Waals surface area contributed by atoms with E-state index < -0.39 is 11.9 Å². The SMILES string of the molecule is O=C(Cc1ccccc1)N[C@H]1CCC[C@H]1C(=O)O. The van der Waals surface area contributed by atoms with Crippen LogP contribution in [-0.4, -0.2) is 23.0 Å². The van der Waals surface area contributed by atoms with Gasteiger partial charge in [-0.05, 0) is 18.4 Å². The third-order valence-electron chi connectivity index (χ3n) is 3.39. The molecule has 1 aromatic carbocycles. The molecule has 0 bridgehead atoms. The van der Waals surface area contributed by atoms with E-state index in [0.29, 0.717) is 12.8 Å². The van der Waals surface area contributed by atoms with Gasteiger partial charge < -0.3 is 10.4 Å². The van der Waals surface area contributed by atoms with Crippen LogP contribution in [-0.2, 0) is 16.0 Å². The molecule has 1 aromatic rings. The second kappa shape index (κ2) is 5.67. The highest BCUT2D eigenvalue weighted by Crippen LogP contribution is 2.25. The summed E-state index contributed by atoms with van der Waals surface area (Å²) in [7, 11) is 0. The zero-order valence-corrected chi connectivity index (χ0v) is 10.1. The van der Waals surface area contributed by atoms with Crippen molar-refractivity contribution >= 4 is 11.9 Å². The van der Waals surface area contributed by atoms with Crippen LogP contribution in [0.2, 0.25) is 0 Å². The summed E-state index contributed by atoms with van der Waals surface area (Å²) in [6.07, 6.45) is 2.60. The second-order valence-electron chi connectivity index (χ2n) is 4.71. The van der Waals surface area contributed by atoms with Crippen molar-refractivity contribution in [2.75, 3.05) is 0 Å². The van der Waals surface area contributed by atoms with Crippen LogP contribution in [0.5, 0.6) is 0 Å². The Morgan fingerprint density at radius 3 is 2.61 bits per heavy atom. The molecule has 96 valence electrons. The maximum atomic E-state index is 11.8. The molecule has 4 nitrogen and oxygen atoms in total. The Kier molecular flexibility index (Phi) is 3.97. The fourth-order valence-electron chi connectivity index (χ4n) is 2.47. The Hall–Kier alpha value is -1.84. The number of amides is 1. The first-order valence-corrected chi connectivity index (χ1v) is 6.23. The number of aliphatic carboxylic acids is 1. The first-order valence-electron chi connectivity index (χ1n) is 6.23. The zero-order valence-electron chi connectivity index (χ0n) is 10.1. The minimum atomic E-state index is -0.808. The van der Waals surface area contributed by atoms with E-state index in [4.69, 9.17) is 5.11 Å². The number of hydrogen-bond acceptors (Lipinski definition) is 2. The molecule has 0 radical (unpaired) electrons. The molecule has 0 heterocycles. The zero-order chi connectivity index (χ0) is 13.0. The summed E-state index contributed by atoms with van der Waals surface area (Å²) < 4.78 is 0. The number of hydrogen-bond donors (Lipinski definition) is 2. The van der Waals surface area contributed by atoms with Crippen LogP contribution in [0.25, 0.3) is 0 Å². The average Bonchev–Trinajstić information content (AvgIpc) is 2.78. The fraction of sp³-hybridized carbons (Fsp3) is 0.429. The van der Waals surface area contributed by atoms with E-state index in [2.05, 4.69) is 5.32 Å². The van der Waals surface area contributed by atoms with Crippen LogP contribution in [0.15, 0.2) is 30.3 Å². The molecule has 2 rings (SSSR count). The highest BCUT2D eigenvalue weighted by atomic mass is 16.4. The van der Waals surface area contributed by atoms with Crippen molar-refractivity contribution in [2.24, 2.45) is 5.92 Å². The first kappa shape index (κ1) is 12.6. The van der Waals surface area contributed by atoms with Crippen molar-refractivity contribution in [3.63, 3.8) is 0 Å². The van der Waals surface area contributed by atoms with Crippen LogP contribution in [0.3, 0.4) is 0 Å². The summed E-state index contributed by atoms with van der Waals surface area (Å²) in [6.45, 7) is 0. The standard InChI is InChI=1S/C14H17NO3/c16-13(9-10-5-2-1-3-6-10)15-12-8-4-7-11(12)14(17)18/h1-3,5-6,11-12H,4,7-9H2,(H,15,16)(H,17,18)/t11-,12+/m1/s1. The Morgan fingerprint density at radius 1 is 1.22 bits per heavy atom. The maximum Gasteiger partial charge on any atom is 0.308 e. The van der Waals surface area contributed by atoms with E-state index in [1.54, 1.807) is 0 Å². The third-order valence-corrected chi connectivity index (χ3v) is 3.39. The van der Waals surface area contributed by atoms with Crippen molar-refractivity contribution in [1.29, 1.82) is 0 Å². The highest BCUT2D eigenvalue weighted by Gasteiger charge is 2.33. The molecule has 0 aromatic heterocycles. The van der Waals surface area contributed by atoms with Gasteiger partial charge in [0.25, 0.3) is 0 Å². The van der Waals surface area contributed by atoms with Gasteiger partial charge in [-0.2, -0.15) is 0 Å². The molecule has 1 aliphatic carbocycles. The Bertz CT molecular complexity index is 430. The maximum absolute atomic E-state index is 11.8. The monoisotopic (exact) mass is 247 g/mol. The van der Waals surface area contributed by atoms with Gasteiger partial charge in [-0.25, -0.2) is 0 Å². The molecular weight excluding hydrogens is 230 g/mol. The smallest absolute Gasteiger partial charge is 0.308 e. The van der Waals surface area contributed by atoms with Gasteiger partial charge in [0.2, 0.25) is 5.91 Å². The number of benzene rings is 1. The molecule has 1 fully saturated rings. The summed E-state index contributed by atoms with van der Waals surface area (Å²) in [5.41, 5.74) is 0.944. The number of carbonyl (C=O) groups is 2. The highest BCUT2D eigenvalue weighted by molar-refractivity contribution is 5.80. The first-order chi connectivity index (χ1) is 8.66. The average molecular weight is 247 g/mol. The molecule has 1 amide bonds. The van der Waals surface area contributed by atoms with Gasteiger partial charge in [0, 0.05) is 6.04 Å². The summed E-state index contributed by atoms with van der Waals surface area (Å²) in [5, 5.41) is 11.9. The molecule has 1 saturated carbocycles. The van der Waals surface area contributed by atoms with E-state index in [-0.39, 0.29) is 11.9 Å². The summed E-state index contributed by atoms with van der Waals surface area (Å²) in [5.74, 6) is -1.33. The van der Waals surface area contributed by atoms with Crippen molar-refractivity contribution in [2.45, 2.75) is 31.7 Å². The van der Waals surface area contributed by atoms with Gasteiger partial charge in [-0.15, -0.1) is 0 Å². The Balaban J connectivity index is 1.90. The van der Waals surface area contributed by atoms with Crippen LogP contribution < -0.4 is 5.32 Å². The normalized spacial score (nSPS) is 22.7. The minimum absolute atomic E-state index is 0.0978. The van der Waals surface area contributed by atoms with Crippen molar-refractivity contribution < 1.29 is 14.7 Å². The van der Waals surface area contributed by atoms with E-state index in [9.17, 15) is 9.59 Å². The second-order valence-corrected chi connectivity index (χ2v) is 4.71. The molecule has 2 N–H and O–H groups in total. The van der Waals surface area contributed by atoms with E-state index in [0.717, 1.165) is 18.4 Å². The molecule has 0 aliphatic heterocycles. The van der Waals surface area contributed by atoms with Gasteiger partial charge in [0.1, 0.15) is 0 Å². The number of carboxylic acid groups (broad SMARTS) is 1. The van der Waals surface area contributed by atoms with Gasteiger partial charge in [0.05, 0.1) is 12.3 Å². The van der Waals surface area contributed by atoms with Crippen molar-refractivity contribution in [1.82, 2.24) is 5.32 Å². The van der Waals surface area contributed by atoms with E-state index in [1.165, 1.54) is 0 Å². The molecule has 0 spiro atoms. The molecule has 18 heavy (non-hydrogen) atoms. The van der Waals surface area contributed by atoms with Crippen LogP contribution >= 0.6 is 0 Å². The topological polar surface area (TPSA) is 66.4 Å². The lowest BCUT2D eigenvalue weighted by Crippen LogP contribution is -2.40. The lowest BCUT2D eigenvalue weighted by atomic mass is 10.0. The number of nitrogens with one attached hydrogen (secondary N) is 1. The van der Waals surface area contributed by atoms with Crippen LogP contribution in [0.1, 0.15) is 24.8 Å². The lowest BCUT2D eigenvalue weighted by Gasteiger charge is -2.17. The lowest BCUT2D eigenvalue weighted by molar-refractivity contribution is -0.142. The Labute approximate surface area is 106 Å². The van der Waals surface area contributed by atoms with Gasteiger partial charge in [-0.1, -0.05) is 36.8 Å². The van der Waals surface area contributed by atoms with Gasteiger partial charge in [0.15, 0.2) is 0 Å². The molecular formula is C14H17NO3. The predicted octanol–water partition coefficient (Wildman–Crippen LogP) is 1.60. The predicted molar refractivity (Wildman–Crippen MR) is 67.1 cm³/mol.